The third-order valence-electron chi connectivity index (χ3n) is 6.15. The molecule has 6 heteroatoms. The molecule has 1 saturated carbocycles. The third kappa shape index (κ3) is 4.56. The summed E-state index contributed by atoms with van der Waals surface area (Å²) >= 11 is 0. The van der Waals surface area contributed by atoms with Crippen molar-refractivity contribution in [3.8, 4) is 0 Å². The van der Waals surface area contributed by atoms with Gasteiger partial charge in [0.2, 0.25) is 11.8 Å². The van der Waals surface area contributed by atoms with Gasteiger partial charge < -0.3 is 15.0 Å². The Labute approximate surface area is 160 Å². The first kappa shape index (κ1) is 18.2. The smallest absolute Gasteiger partial charge is 0.244 e. The monoisotopic (exact) mass is 369 g/mol. The number of amides is 2. The second-order valence-corrected chi connectivity index (χ2v) is 7.92. The van der Waals surface area contributed by atoms with Crippen molar-refractivity contribution in [3.05, 3.63) is 36.2 Å². The Bertz CT molecular complexity index is 688. The Morgan fingerprint density at radius 3 is 2.74 bits per heavy atom. The largest absolute Gasteiger partial charge is 0.381 e. The van der Waals surface area contributed by atoms with E-state index in [4.69, 9.17) is 4.74 Å². The highest BCUT2D eigenvalue weighted by Crippen LogP contribution is 2.51. The van der Waals surface area contributed by atoms with Crippen LogP contribution in [0.4, 0.5) is 0 Å². The van der Waals surface area contributed by atoms with Gasteiger partial charge in [0.05, 0.1) is 0 Å². The summed E-state index contributed by atoms with van der Waals surface area (Å²) in [7, 11) is 0. The van der Waals surface area contributed by atoms with Crippen LogP contribution in [0.3, 0.4) is 0 Å². The van der Waals surface area contributed by atoms with Crippen LogP contribution in [0.5, 0.6) is 0 Å². The summed E-state index contributed by atoms with van der Waals surface area (Å²) in [4.78, 5) is 30.5. The molecule has 6 nitrogen and oxygen atoms in total. The first-order chi connectivity index (χ1) is 13.2. The van der Waals surface area contributed by atoms with E-state index in [0.717, 1.165) is 44.7 Å². The van der Waals surface area contributed by atoms with Crippen molar-refractivity contribution in [2.24, 2.45) is 23.7 Å². The molecule has 3 fully saturated rings. The van der Waals surface area contributed by atoms with E-state index in [1.165, 1.54) is 0 Å². The van der Waals surface area contributed by atoms with Crippen LogP contribution in [0.15, 0.2) is 30.6 Å². The molecule has 3 atom stereocenters. The van der Waals surface area contributed by atoms with Gasteiger partial charge in [0, 0.05) is 57.7 Å². The van der Waals surface area contributed by atoms with Crippen LogP contribution in [0, 0.1) is 23.7 Å². The number of fused-ring (bicyclic) bond motifs is 1. The highest BCUT2D eigenvalue weighted by molar-refractivity contribution is 5.91. The summed E-state index contributed by atoms with van der Waals surface area (Å²) in [5.41, 5.74) is 0.912. The number of pyridine rings is 1. The van der Waals surface area contributed by atoms with Crippen molar-refractivity contribution in [3.63, 3.8) is 0 Å². The Morgan fingerprint density at radius 1 is 1.26 bits per heavy atom. The van der Waals surface area contributed by atoms with Gasteiger partial charge in [-0.2, -0.15) is 0 Å². The standard InChI is InChI=1S/C21H27N3O3/c25-20(4-3-16-2-1-7-22-11-16)23-12-17-18-13-24(14-19(17)18)21(26)10-15-5-8-27-9-6-15/h1-4,7,11,15,17-19H,5-6,8-10,12-14H2,(H,23,25)/b4-3+/t17?,18-,19+. The molecule has 0 radical (unpaired) electrons. The highest BCUT2D eigenvalue weighted by Gasteiger charge is 2.56. The topological polar surface area (TPSA) is 71.5 Å². The van der Waals surface area contributed by atoms with Crippen LogP contribution < -0.4 is 5.32 Å². The third-order valence-corrected chi connectivity index (χ3v) is 6.15. The van der Waals surface area contributed by atoms with Crippen molar-refractivity contribution in [2.45, 2.75) is 19.3 Å². The Morgan fingerprint density at radius 2 is 2.04 bits per heavy atom. The summed E-state index contributed by atoms with van der Waals surface area (Å²) in [5, 5.41) is 2.99. The van der Waals surface area contributed by atoms with E-state index in [-0.39, 0.29) is 5.91 Å². The lowest BCUT2D eigenvalue weighted by atomic mass is 9.96. The zero-order valence-electron chi connectivity index (χ0n) is 15.5. The Hall–Kier alpha value is -2.21. The number of nitrogens with zero attached hydrogens (tertiary/aromatic N) is 2. The minimum Gasteiger partial charge on any atom is -0.381 e. The molecular formula is C21H27N3O3. The van der Waals surface area contributed by atoms with E-state index in [1.807, 2.05) is 17.0 Å². The van der Waals surface area contributed by atoms with Crippen molar-refractivity contribution < 1.29 is 14.3 Å². The Balaban J connectivity index is 1.15. The van der Waals surface area contributed by atoms with Gasteiger partial charge in [0.15, 0.2) is 0 Å². The van der Waals surface area contributed by atoms with Gasteiger partial charge in [0.25, 0.3) is 0 Å². The summed E-state index contributed by atoms with van der Waals surface area (Å²) in [6.07, 6.45) is 9.44. The fraction of sp³-hybridized carbons (Fsp3) is 0.571. The van der Waals surface area contributed by atoms with Gasteiger partial charge in [-0.3, -0.25) is 14.6 Å². The van der Waals surface area contributed by atoms with Gasteiger partial charge in [-0.05, 0) is 54.2 Å². The number of hydrogen-bond donors (Lipinski definition) is 1. The van der Waals surface area contributed by atoms with E-state index in [1.54, 1.807) is 24.5 Å². The summed E-state index contributed by atoms with van der Waals surface area (Å²) in [6, 6.07) is 3.76. The highest BCUT2D eigenvalue weighted by atomic mass is 16.5. The first-order valence-corrected chi connectivity index (χ1v) is 9.92. The van der Waals surface area contributed by atoms with Gasteiger partial charge in [-0.15, -0.1) is 0 Å². The average Bonchev–Trinajstić information content (AvgIpc) is 3.15. The summed E-state index contributed by atoms with van der Waals surface area (Å²) < 4.78 is 5.37. The molecule has 0 bridgehead atoms. The van der Waals surface area contributed by atoms with Crippen molar-refractivity contribution >= 4 is 17.9 Å². The van der Waals surface area contributed by atoms with Crippen molar-refractivity contribution in [2.75, 3.05) is 32.8 Å². The van der Waals surface area contributed by atoms with Crippen LogP contribution in [-0.2, 0) is 14.3 Å². The normalized spacial score (nSPS) is 27.6. The molecule has 1 N–H and O–H groups in total. The minimum absolute atomic E-state index is 0.0729. The van der Waals surface area contributed by atoms with Crippen LogP contribution >= 0.6 is 0 Å². The fourth-order valence-electron chi connectivity index (χ4n) is 4.41. The lowest BCUT2D eigenvalue weighted by molar-refractivity contribution is -0.132. The second kappa shape index (κ2) is 8.21. The number of hydrogen-bond acceptors (Lipinski definition) is 4. The van der Waals surface area contributed by atoms with Crippen LogP contribution in [0.2, 0.25) is 0 Å². The predicted molar refractivity (Wildman–Crippen MR) is 101 cm³/mol. The van der Waals surface area contributed by atoms with Gasteiger partial charge in [0.1, 0.15) is 0 Å². The maximum atomic E-state index is 12.5. The van der Waals surface area contributed by atoms with E-state index in [9.17, 15) is 9.59 Å². The molecule has 2 aliphatic heterocycles. The molecule has 3 aliphatic rings. The first-order valence-electron chi connectivity index (χ1n) is 9.92. The van der Waals surface area contributed by atoms with Gasteiger partial charge in [-0.1, -0.05) is 6.07 Å². The maximum absolute atomic E-state index is 12.5. The van der Waals surface area contributed by atoms with E-state index in [2.05, 4.69) is 10.3 Å². The molecule has 2 amide bonds. The molecule has 1 aliphatic carbocycles. The number of piperidine rings is 1. The van der Waals surface area contributed by atoms with Crippen LogP contribution in [0.1, 0.15) is 24.8 Å². The summed E-state index contributed by atoms with van der Waals surface area (Å²) in [5.74, 6) is 2.36. The number of carbonyl (C=O) groups excluding carboxylic acids is 2. The van der Waals surface area contributed by atoms with Crippen LogP contribution in [0.25, 0.3) is 6.08 Å². The van der Waals surface area contributed by atoms with Crippen molar-refractivity contribution in [1.82, 2.24) is 15.2 Å². The van der Waals surface area contributed by atoms with Gasteiger partial charge >= 0.3 is 0 Å². The molecule has 4 rings (SSSR count). The number of rotatable bonds is 6. The molecule has 1 aromatic heterocycles. The molecule has 144 valence electrons. The molecule has 1 unspecified atom stereocenters. The Kier molecular flexibility index (Phi) is 5.53. The molecular weight excluding hydrogens is 342 g/mol. The second-order valence-electron chi connectivity index (χ2n) is 7.92. The van der Waals surface area contributed by atoms with Crippen LogP contribution in [-0.4, -0.2) is 54.5 Å². The molecule has 27 heavy (non-hydrogen) atoms. The lowest BCUT2D eigenvalue weighted by Crippen LogP contribution is -2.35. The van der Waals surface area contributed by atoms with E-state index < -0.39 is 0 Å². The molecule has 3 heterocycles. The number of carbonyl (C=O) groups is 2. The zero-order chi connectivity index (χ0) is 18.6. The predicted octanol–water partition coefficient (Wildman–Crippen LogP) is 1.73. The number of likely N-dealkylation sites (tertiary alicyclic amines) is 1. The SMILES string of the molecule is O=C(/C=C/c1cccnc1)NCC1[C@H]2CN(C(=O)CC3CCOCC3)C[C@@H]12. The molecule has 0 spiro atoms. The summed E-state index contributed by atoms with van der Waals surface area (Å²) in [6.45, 7) is 4.01. The van der Waals surface area contributed by atoms with E-state index >= 15 is 0 Å². The average molecular weight is 369 g/mol. The zero-order valence-corrected chi connectivity index (χ0v) is 15.5. The quantitative estimate of drug-likeness (QED) is 0.776. The number of nitrogens with one attached hydrogen (secondary N) is 1. The number of aromatic nitrogens is 1. The van der Waals surface area contributed by atoms with E-state index in [0.29, 0.717) is 42.5 Å². The number of ether oxygens (including phenoxy) is 1. The molecule has 0 aromatic carbocycles. The molecule has 1 aromatic rings. The fourth-order valence-corrected chi connectivity index (χ4v) is 4.41. The van der Waals surface area contributed by atoms with Gasteiger partial charge in [-0.25, -0.2) is 0 Å². The maximum Gasteiger partial charge on any atom is 0.244 e. The molecule has 2 saturated heterocycles. The van der Waals surface area contributed by atoms with Crippen molar-refractivity contribution in [1.29, 1.82) is 0 Å². The lowest BCUT2D eigenvalue weighted by Gasteiger charge is -2.25. The minimum atomic E-state index is -0.0729.